The second-order valence-electron chi connectivity index (χ2n) is 6.91. The van der Waals surface area contributed by atoms with E-state index in [-0.39, 0.29) is 11.9 Å². The maximum atomic E-state index is 12.6. The van der Waals surface area contributed by atoms with Crippen molar-refractivity contribution >= 4 is 11.7 Å². The molecule has 3 heteroatoms. The molecule has 24 heavy (non-hydrogen) atoms. The Kier molecular flexibility index (Phi) is 4.43. The number of hydrogen-bond donors (Lipinski definition) is 0. The Morgan fingerprint density at radius 2 is 1.54 bits per heavy atom. The van der Waals surface area contributed by atoms with Gasteiger partial charge in [0, 0.05) is 5.56 Å². The molecule has 0 amide bonds. The van der Waals surface area contributed by atoms with Gasteiger partial charge in [0.15, 0.2) is 0 Å². The quantitative estimate of drug-likeness (QED) is 0.778. The summed E-state index contributed by atoms with van der Waals surface area (Å²) in [6, 6.07) is 19.7. The Bertz CT molecular complexity index is 727. The first-order valence-corrected chi connectivity index (χ1v) is 8.16. The summed E-state index contributed by atoms with van der Waals surface area (Å²) in [5, 5.41) is 0. The number of esters is 1. The van der Waals surface area contributed by atoms with Gasteiger partial charge in [-0.2, -0.15) is 0 Å². The zero-order valence-electron chi connectivity index (χ0n) is 14.2. The van der Waals surface area contributed by atoms with Gasteiger partial charge < -0.3 is 9.47 Å². The van der Waals surface area contributed by atoms with Gasteiger partial charge in [-0.05, 0) is 32.4 Å². The maximum absolute atomic E-state index is 12.6. The molecule has 1 heterocycles. The van der Waals surface area contributed by atoms with Crippen molar-refractivity contribution in [2.24, 2.45) is 0 Å². The number of carbonyl (C=O) groups is 1. The van der Waals surface area contributed by atoms with Gasteiger partial charge in [0.1, 0.15) is 11.4 Å². The molecule has 2 atom stereocenters. The van der Waals surface area contributed by atoms with E-state index in [0.29, 0.717) is 0 Å². The van der Waals surface area contributed by atoms with Crippen molar-refractivity contribution in [3.63, 3.8) is 0 Å². The second-order valence-corrected chi connectivity index (χ2v) is 6.91. The van der Waals surface area contributed by atoms with Crippen LogP contribution in [0.1, 0.15) is 37.8 Å². The first-order chi connectivity index (χ1) is 11.4. The molecule has 0 aliphatic carbocycles. The molecule has 0 radical (unpaired) electrons. The van der Waals surface area contributed by atoms with Gasteiger partial charge >= 0.3 is 5.97 Å². The van der Waals surface area contributed by atoms with Gasteiger partial charge in [-0.1, -0.05) is 60.7 Å². The van der Waals surface area contributed by atoms with E-state index in [2.05, 4.69) is 0 Å². The van der Waals surface area contributed by atoms with E-state index in [9.17, 15) is 4.79 Å². The van der Waals surface area contributed by atoms with Gasteiger partial charge in [0.25, 0.3) is 0 Å². The summed E-state index contributed by atoms with van der Waals surface area (Å²) in [6.45, 7) is 5.59. The molecule has 124 valence electrons. The van der Waals surface area contributed by atoms with Crippen molar-refractivity contribution in [2.45, 2.75) is 38.4 Å². The largest absolute Gasteiger partial charge is 0.477 e. The van der Waals surface area contributed by atoms with Crippen molar-refractivity contribution in [1.82, 2.24) is 0 Å². The third-order valence-electron chi connectivity index (χ3n) is 3.79. The summed E-state index contributed by atoms with van der Waals surface area (Å²) in [5.74, 6) is 0.232. The van der Waals surface area contributed by atoms with Crippen LogP contribution in [-0.4, -0.2) is 17.7 Å². The highest BCUT2D eigenvalue weighted by atomic mass is 16.6. The van der Waals surface area contributed by atoms with Crippen molar-refractivity contribution in [3.8, 4) is 0 Å². The van der Waals surface area contributed by atoms with E-state index in [4.69, 9.17) is 9.47 Å². The zero-order valence-corrected chi connectivity index (χ0v) is 14.2. The van der Waals surface area contributed by atoms with Crippen LogP contribution < -0.4 is 0 Å². The van der Waals surface area contributed by atoms with Crippen LogP contribution in [0.4, 0.5) is 0 Å². The smallest absolute Gasteiger partial charge is 0.348 e. The summed E-state index contributed by atoms with van der Waals surface area (Å²) < 4.78 is 11.6. The first kappa shape index (κ1) is 16.3. The molecule has 1 aliphatic heterocycles. The number of hydrogen-bond acceptors (Lipinski definition) is 3. The molecule has 0 spiro atoms. The van der Waals surface area contributed by atoms with Crippen LogP contribution in [0.2, 0.25) is 0 Å². The molecular weight excluding hydrogens is 300 g/mol. The highest BCUT2D eigenvalue weighted by Crippen LogP contribution is 2.37. The van der Waals surface area contributed by atoms with Gasteiger partial charge in [-0.15, -0.1) is 0 Å². The fourth-order valence-electron chi connectivity index (χ4n) is 2.77. The summed E-state index contributed by atoms with van der Waals surface area (Å²) in [4.78, 5) is 12.6. The van der Waals surface area contributed by atoms with Gasteiger partial charge in [-0.3, -0.25) is 0 Å². The van der Waals surface area contributed by atoms with Crippen LogP contribution in [0.5, 0.6) is 0 Å². The van der Waals surface area contributed by atoms with Crippen LogP contribution in [0, 0.1) is 0 Å². The lowest BCUT2D eigenvalue weighted by Crippen LogP contribution is -2.34. The van der Waals surface area contributed by atoms with Crippen molar-refractivity contribution in [1.29, 1.82) is 0 Å². The summed E-state index contributed by atoms with van der Waals surface area (Å²) in [7, 11) is 0. The lowest BCUT2D eigenvalue weighted by atomic mass is 9.93. The second kappa shape index (κ2) is 6.52. The molecule has 2 aromatic carbocycles. The summed E-state index contributed by atoms with van der Waals surface area (Å²) in [5.41, 5.74) is 1.46. The number of rotatable bonds is 3. The van der Waals surface area contributed by atoms with Crippen LogP contribution in [0.3, 0.4) is 0 Å². The predicted molar refractivity (Wildman–Crippen MR) is 94.3 cm³/mol. The first-order valence-electron chi connectivity index (χ1n) is 8.16. The molecule has 0 aromatic heterocycles. The molecule has 3 rings (SSSR count). The molecule has 1 aliphatic rings. The maximum Gasteiger partial charge on any atom is 0.348 e. The highest BCUT2D eigenvalue weighted by Gasteiger charge is 2.39. The van der Waals surface area contributed by atoms with Crippen molar-refractivity contribution < 1.29 is 14.3 Å². The Balaban J connectivity index is 1.92. The minimum atomic E-state index is -0.665. The molecule has 3 nitrogen and oxygen atoms in total. The fourth-order valence-corrected chi connectivity index (χ4v) is 2.77. The van der Waals surface area contributed by atoms with E-state index in [1.54, 1.807) is 0 Å². The Hall–Kier alpha value is -2.55. The number of ether oxygens (including phenoxy) is 2. The monoisotopic (exact) mass is 322 g/mol. The lowest BCUT2D eigenvalue weighted by molar-refractivity contribution is -0.164. The third-order valence-corrected chi connectivity index (χ3v) is 3.79. The van der Waals surface area contributed by atoms with Gasteiger partial charge in [0.05, 0.1) is 5.92 Å². The average molecular weight is 322 g/mol. The van der Waals surface area contributed by atoms with Crippen molar-refractivity contribution in [3.05, 3.63) is 77.9 Å². The van der Waals surface area contributed by atoms with Crippen molar-refractivity contribution in [2.75, 3.05) is 0 Å². The molecule has 2 aromatic rings. The van der Waals surface area contributed by atoms with E-state index < -0.39 is 11.7 Å². The minimum absolute atomic E-state index is 0.156. The molecule has 0 saturated heterocycles. The molecular formula is C21H22O3. The molecule has 0 fully saturated rings. The molecule has 0 unspecified atom stereocenters. The van der Waals surface area contributed by atoms with Gasteiger partial charge in [0.2, 0.25) is 6.10 Å². The molecule has 0 saturated carbocycles. The SMILES string of the molecule is CC(C)(C)OC(=O)[C@@H]1OC(c2ccccc2)=C[C@H]1c1ccccc1. The van der Waals surface area contributed by atoms with Crippen LogP contribution >= 0.6 is 0 Å². The van der Waals surface area contributed by atoms with E-state index in [0.717, 1.165) is 16.9 Å². The summed E-state index contributed by atoms with van der Waals surface area (Å²) in [6.07, 6.45) is 1.35. The van der Waals surface area contributed by atoms with E-state index >= 15 is 0 Å². The van der Waals surface area contributed by atoms with Crippen LogP contribution in [-0.2, 0) is 14.3 Å². The van der Waals surface area contributed by atoms with E-state index in [1.165, 1.54) is 0 Å². The Morgan fingerprint density at radius 3 is 2.12 bits per heavy atom. The van der Waals surface area contributed by atoms with E-state index in [1.807, 2.05) is 87.5 Å². The van der Waals surface area contributed by atoms with Crippen LogP contribution in [0.25, 0.3) is 5.76 Å². The minimum Gasteiger partial charge on any atom is -0.477 e. The number of benzene rings is 2. The topological polar surface area (TPSA) is 35.5 Å². The highest BCUT2D eigenvalue weighted by molar-refractivity contribution is 5.81. The Labute approximate surface area is 142 Å². The molecule has 0 bridgehead atoms. The standard InChI is InChI=1S/C21H22O3/c1-21(2,3)24-20(22)19-17(15-10-6-4-7-11-15)14-18(23-19)16-12-8-5-9-13-16/h4-14,17,19H,1-3H3/t17-,19+/m0/s1. The fraction of sp³-hybridized carbons (Fsp3) is 0.286. The Morgan fingerprint density at radius 1 is 0.958 bits per heavy atom. The normalized spacial score (nSPS) is 20.2. The predicted octanol–water partition coefficient (Wildman–Crippen LogP) is 4.55. The molecule has 0 N–H and O–H groups in total. The zero-order chi connectivity index (χ0) is 17.2. The lowest BCUT2D eigenvalue weighted by Gasteiger charge is -2.25. The van der Waals surface area contributed by atoms with Crippen LogP contribution in [0.15, 0.2) is 66.7 Å². The summed E-state index contributed by atoms with van der Waals surface area (Å²) >= 11 is 0. The third kappa shape index (κ3) is 3.67. The average Bonchev–Trinajstić information content (AvgIpc) is 3.00. The number of carbonyl (C=O) groups excluding carboxylic acids is 1. The van der Waals surface area contributed by atoms with Gasteiger partial charge in [-0.25, -0.2) is 4.79 Å².